The third-order valence-corrected chi connectivity index (χ3v) is 1.95. The van der Waals surface area contributed by atoms with Gasteiger partial charge in [0.15, 0.2) is 0 Å². The van der Waals surface area contributed by atoms with Crippen molar-refractivity contribution in [3.05, 3.63) is 0 Å². The minimum absolute atomic E-state index is 0.157. The third-order valence-electron chi connectivity index (χ3n) is 1.95. The molecule has 0 saturated heterocycles. The van der Waals surface area contributed by atoms with Gasteiger partial charge in [-0.1, -0.05) is 20.3 Å². The maximum atomic E-state index is 10.4. The second-order valence-electron chi connectivity index (χ2n) is 3.67. The van der Waals surface area contributed by atoms with Gasteiger partial charge in [-0.05, 0) is 24.8 Å². The summed E-state index contributed by atoms with van der Waals surface area (Å²) in [5.41, 5.74) is 5.44. The van der Waals surface area contributed by atoms with E-state index in [1.807, 2.05) is 0 Å². The highest BCUT2D eigenvalue weighted by molar-refractivity contribution is 5.67. The molecule has 0 fully saturated rings. The van der Waals surface area contributed by atoms with E-state index in [2.05, 4.69) is 13.8 Å². The maximum absolute atomic E-state index is 10.4. The number of nitrogens with two attached hydrogens (primary N) is 1. The fourth-order valence-electron chi connectivity index (χ4n) is 1.12. The van der Waals surface area contributed by atoms with Crippen LogP contribution in [-0.2, 0) is 4.79 Å². The van der Waals surface area contributed by atoms with Gasteiger partial charge in [0, 0.05) is 6.42 Å². The van der Waals surface area contributed by atoms with Crippen LogP contribution in [0.2, 0.25) is 0 Å². The van der Waals surface area contributed by atoms with E-state index in [-0.39, 0.29) is 12.3 Å². The lowest BCUT2D eigenvalue weighted by molar-refractivity contribution is -0.138. The Kier molecular flexibility index (Phi) is 5.72. The molecular formula is C9H19NO2. The average Bonchev–Trinajstić information content (AvgIpc) is 1.97. The molecule has 0 aliphatic heterocycles. The first-order valence-electron chi connectivity index (χ1n) is 4.48. The molecule has 3 nitrogen and oxygen atoms in total. The number of rotatable bonds is 6. The van der Waals surface area contributed by atoms with E-state index < -0.39 is 5.97 Å². The molecule has 12 heavy (non-hydrogen) atoms. The van der Waals surface area contributed by atoms with Crippen LogP contribution in [0.4, 0.5) is 0 Å². The Morgan fingerprint density at radius 1 is 1.42 bits per heavy atom. The molecule has 0 heterocycles. The van der Waals surface area contributed by atoms with E-state index in [4.69, 9.17) is 10.8 Å². The SMILES string of the molecule is CC(C)CC[C@H](CN)CC(=O)O. The quantitative estimate of drug-likeness (QED) is 0.639. The van der Waals surface area contributed by atoms with Crippen molar-refractivity contribution in [2.24, 2.45) is 17.6 Å². The molecule has 0 amide bonds. The maximum Gasteiger partial charge on any atom is 0.303 e. The summed E-state index contributed by atoms with van der Waals surface area (Å²) >= 11 is 0. The number of carbonyl (C=O) groups is 1. The van der Waals surface area contributed by atoms with Gasteiger partial charge in [0.25, 0.3) is 0 Å². The Morgan fingerprint density at radius 2 is 2.00 bits per heavy atom. The van der Waals surface area contributed by atoms with Crippen LogP contribution in [0.15, 0.2) is 0 Å². The van der Waals surface area contributed by atoms with Crippen LogP contribution in [0, 0.1) is 11.8 Å². The van der Waals surface area contributed by atoms with E-state index >= 15 is 0 Å². The van der Waals surface area contributed by atoms with Gasteiger partial charge in [-0.3, -0.25) is 4.79 Å². The second kappa shape index (κ2) is 6.00. The molecule has 0 radical (unpaired) electrons. The van der Waals surface area contributed by atoms with Gasteiger partial charge in [-0.15, -0.1) is 0 Å². The summed E-state index contributed by atoms with van der Waals surface area (Å²) in [6.07, 6.45) is 2.21. The van der Waals surface area contributed by atoms with Gasteiger partial charge >= 0.3 is 5.97 Å². The van der Waals surface area contributed by atoms with Crippen molar-refractivity contribution in [1.29, 1.82) is 0 Å². The molecule has 0 spiro atoms. The van der Waals surface area contributed by atoms with Gasteiger partial charge in [-0.25, -0.2) is 0 Å². The van der Waals surface area contributed by atoms with Gasteiger partial charge < -0.3 is 10.8 Å². The molecule has 0 aromatic heterocycles. The zero-order valence-electron chi connectivity index (χ0n) is 7.92. The predicted octanol–water partition coefficient (Wildman–Crippen LogP) is 1.47. The molecule has 0 aromatic carbocycles. The monoisotopic (exact) mass is 173 g/mol. The molecule has 3 heteroatoms. The van der Waals surface area contributed by atoms with Crippen molar-refractivity contribution >= 4 is 5.97 Å². The zero-order chi connectivity index (χ0) is 9.56. The highest BCUT2D eigenvalue weighted by atomic mass is 16.4. The van der Waals surface area contributed by atoms with Crippen LogP contribution in [0.25, 0.3) is 0 Å². The first kappa shape index (κ1) is 11.4. The van der Waals surface area contributed by atoms with Crippen LogP contribution >= 0.6 is 0 Å². The standard InChI is InChI=1S/C9H19NO2/c1-7(2)3-4-8(6-10)5-9(11)12/h7-8H,3-6,10H2,1-2H3,(H,11,12)/t8-/m0/s1. The number of aliphatic carboxylic acids is 1. The molecule has 0 aromatic rings. The van der Waals surface area contributed by atoms with E-state index in [0.29, 0.717) is 12.5 Å². The summed E-state index contributed by atoms with van der Waals surface area (Å²) in [5, 5.41) is 8.52. The van der Waals surface area contributed by atoms with Crippen molar-refractivity contribution in [3.8, 4) is 0 Å². The van der Waals surface area contributed by atoms with Crippen LogP contribution in [0.5, 0.6) is 0 Å². The van der Waals surface area contributed by atoms with Crippen LogP contribution in [-0.4, -0.2) is 17.6 Å². The zero-order valence-corrected chi connectivity index (χ0v) is 7.92. The Labute approximate surface area is 74.0 Å². The molecule has 3 N–H and O–H groups in total. The Bertz CT molecular complexity index is 134. The molecule has 0 saturated carbocycles. The van der Waals surface area contributed by atoms with Gasteiger partial charge in [-0.2, -0.15) is 0 Å². The average molecular weight is 173 g/mol. The van der Waals surface area contributed by atoms with Gasteiger partial charge in [0.1, 0.15) is 0 Å². The van der Waals surface area contributed by atoms with Crippen LogP contribution in [0.1, 0.15) is 33.1 Å². The van der Waals surface area contributed by atoms with E-state index in [1.54, 1.807) is 0 Å². The summed E-state index contributed by atoms with van der Waals surface area (Å²) in [7, 11) is 0. The minimum atomic E-state index is -0.741. The minimum Gasteiger partial charge on any atom is -0.481 e. The summed E-state index contributed by atoms with van der Waals surface area (Å²) in [5.74, 6) is 0.0481. The van der Waals surface area contributed by atoms with Crippen molar-refractivity contribution in [2.45, 2.75) is 33.1 Å². The third kappa shape index (κ3) is 6.16. The lowest BCUT2D eigenvalue weighted by atomic mass is 9.95. The normalized spacial score (nSPS) is 13.3. The highest BCUT2D eigenvalue weighted by Gasteiger charge is 2.11. The van der Waals surface area contributed by atoms with E-state index in [9.17, 15) is 4.79 Å². The molecule has 0 bridgehead atoms. The lowest BCUT2D eigenvalue weighted by Crippen LogP contribution is -2.18. The Hall–Kier alpha value is -0.570. The Morgan fingerprint density at radius 3 is 2.33 bits per heavy atom. The topological polar surface area (TPSA) is 63.3 Å². The Balaban J connectivity index is 3.60. The van der Waals surface area contributed by atoms with E-state index in [0.717, 1.165) is 12.8 Å². The molecule has 0 aliphatic rings. The smallest absolute Gasteiger partial charge is 0.303 e. The molecule has 0 aliphatic carbocycles. The van der Waals surface area contributed by atoms with Crippen molar-refractivity contribution < 1.29 is 9.90 Å². The fraction of sp³-hybridized carbons (Fsp3) is 0.889. The fourth-order valence-corrected chi connectivity index (χ4v) is 1.12. The molecular weight excluding hydrogens is 154 g/mol. The number of carboxylic acids is 1. The van der Waals surface area contributed by atoms with Gasteiger partial charge in [0.05, 0.1) is 0 Å². The molecule has 1 atom stereocenters. The van der Waals surface area contributed by atoms with Gasteiger partial charge in [0.2, 0.25) is 0 Å². The molecule has 0 unspecified atom stereocenters. The summed E-state index contributed by atoms with van der Waals surface area (Å²) in [6.45, 7) is 4.75. The number of carboxylic acid groups (broad SMARTS) is 1. The summed E-state index contributed by atoms with van der Waals surface area (Å²) in [4.78, 5) is 10.4. The lowest BCUT2D eigenvalue weighted by Gasteiger charge is -2.12. The largest absolute Gasteiger partial charge is 0.481 e. The first-order valence-corrected chi connectivity index (χ1v) is 4.48. The second-order valence-corrected chi connectivity index (χ2v) is 3.67. The highest BCUT2D eigenvalue weighted by Crippen LogP contribution is 2.14. The van der Waals surface area contributed by atoms with Crippen molar-refractivity contribution in [1.82, 2.24) is 0 Å². The van der Waals surface area contributed by atoms with Crippen molar-refractivity contribution in [2.75, 3.05) is 6.54 Å². The predicted molar refractivity (Wildman–Crippen MR) is 48.9 cm³/mol. The molecule has 72 valence electrons. The summed E-state index contributed by atoms with van der Waals surface area (Å²) < 4.78 is 0. The molecule has 0 rings (SSSR count). The first-order chi connectivity index (χ1) is 5.56. The number of hydrogen-bond donors (Lipinski definition) is 2. The summed E-state index contributed by atoms with van der Waals surface area (Å²) in [6, 6.07) is 0. The van der Waals surface area contributed by atoms with Crippen LogP contribution < -0.4 is 5.73 Å². The van der Waals surface area contributed by atoms with Crippen molar-refractivity contribution in [3.63, 3.8) is 0 Å². The van der Waals surface area contributed by atoms with Crippen LogP contribution in [0.3, 0.4) is 0 Å². The van der Waals surface area contributed by atoms with E-state index in [1.165, 1.54) is 0 Å². The number of hydrogen-bond acceptors (Lipinski definition) is 2.